The third-order valence-corrected chi connectivity index (χ3v) is 3.70. The lowest BCUT2D eigenvalue weighted by molar-refractivity contribution is 0.132. The van der Waals surface area contributed by atoms with E-state index in [1.54, 1.807) is 0 Å². The Hall–Kier alpha value is -0.420. The van der Waals surface area contributed by atoms with E-state index in [1.807, 2.05) is 0 Å². The van der Waals surface area contributed by atoms with Crippen LogP contribution in [0.1, 0.15) is 18.0 Å². The third kappa shape index (κ3) is 3.52. The SMILES string of the molecule is NCC(c1ccc(Br)cc1)N1CCCOCC1. The predicted molar refractivity (Wildman–Crippen MR) is 72.9 cm³/mol. The second-order valence-corrected chi connectivity index (χ2v) is 5.22. The lowest BCUT2D eigenvalue weighted by atomic mass is 10.1. The second kappa shape index (κ2) is 6.50. The van der Waals surface area contributed by atoms with Gasteiger partial charge in [-0.25, -0.2) is 0 Å². The zero-order valence-corrected chi connectivity index (χ0v) is 11.5. The minimum Gasteiger partial charge on any atom is -0.380 e. The predicted octanol–water partition coefficient (Wildman–Crippen LogP) is 2.17. The molecule has 1 saturated heterocycles. The molecule has 0 amide bonds. The maximum atomic E-state index is 5.93. The summed E-state index contributed by atoms with van der Waals surface area (Å²) in [5, 5.41) is 0. The standard InChI is InChI=1S/C13H19BrN2O/c14-12-4-2-11(3-5-12)13(10-15)16-6-1-8-17-9-7-16/h2-5,13H,1,6-10,15H2. The van der Waals surface area contributed by atoms with Crippen LogP contribution in [-0.4, -0.2) is 37.7 Å². The topological polar surface area (TPSA) is 38.5 Å². The normalized spacial score (nSPS) is 19.9. The number of hydrogen-bond acceptors (Lipinski definition) is 3. The number of rotatable bonds is 3. The zero-order valence-electron chi connectivity index (χ0n) is 9.94. The Kier molecular flexibility index (Phi) is 4.98. The second-order valence-electron chi connectivity index (χ2n) is 4.30. The largest absolute Gasteiger partial charge is 0.380 e. The van der Waals surface area contributed by atoms with Crippen LogP contribution >= 0.6 is 15.9 Å². The van der Waals surface area contributed by atoms with E-state index in [0.717, 1.165) is 37.2 Å². The van der Waals surface area contributed by atoms with Crippen LogP contribution in [0.3, 0.4) is 0 Å². The highest BCUT2D eigenvalue weighted by Crippen LogP contribution is 2.22. The summed E-state index contributed by atoms with van der Waals surface area (Å²) in [5.41, 5.74) is 7.22. The fourth-order valence-corrected chi connectivity index (χ4v) is 2.52. The van der Waals surface area contributed by atoms with Gasteiger partial charge in [0.2, 0.25) is 0 Å². The maximum absolute atomic E-state index is 5.93. The molecule has 2 rings (SSSR count). The van der Waals surface area contributed by atoms with Crippen molar-refractivity contribution in [3.63, 3.8) is 0 Å². The molecule has 1 aromatic carbocycles. The third-order valence-electron chi connectivity index (χ3n) is 3.18. The number of halogens is 1. The summed E-state index contributed by atoms with van der Waals surface area (Å²) in [6.45, 7) is 4.37. The van der Waals surface area contributed by atoms with Crippen LogP contribution in [0.5, 0.6) is 0 Å². The molecule has 0 radical (unpaired) electrons. The Balaban J connectivity index is 2.11. The fraction of sp³-hybridized carbons (Fsp3) is 0.538. The summed E-state index contributed by atoms with van der Waals surface area (Å²) in [6.07, 6.45) is 1.09. The van der Waals surface area contributed by atoms with Gasteiger partial charge in [0.15, 0.2) is 0 Å². The lowest BCUT2D eigenvalue weighted by Crippen LogP contribution is -2.35. The molecule has 1 fully saturated rings. The van der Waals surface area contributed by atoms with E-state index in [2.05, 4.69) is 45.1 Å². The van der Waals surface area contributed by atoms with Crippen molar-refractivity contribution in [3.05, 3.63) is 34.3 Å². The van der Waals surface area contributed by atoms with Gasteiger partial charge in [-0.05, 0) is 24.1 Å². The molecule has 17 heavy (non-hydrogen) atoms. The number of nitrogens with zero attached hydrogens (tertiary/aromatic N) is 1. The van der Waals surface area contributed by atoms with E-state index in [1.165, 1.54) is 5.56 Å². The summed E-state index contributed by atoms with van der Waals surface area (Å²) >= 11 is 3.46. The summed E-state index contributed by atoms with van der Waals surface area (Å²) in [4.78, 5) is 2.43. The number of nitrogens with two attached hydrogens (primary N) is 1. The molecule has 0 spiro atoms. The van der Waals surface area contributed by atoms with Crippen LogP contribution in [0.4, 0.5) is 0 Å². The van der Waals surface area contributed by atoms with E-state index in [-0.39, 0.29) is 0 Å². The Morgan fingerprint density at radius 3 is 2.71 bits per heavy atom. The molecular weight excluding hydrogens is 280 g/mol. The molecule has 0 bridgehead atoms. The number of benzene rings is 1. The molecule has 3 nitrogen and oxygen atoms in total. The smallest absolute Gasteiger partial charge is 0.0593 e. The van der Waals surface area contributed by atoms with E-state index < -0.39 is 0 Å². The Labute approximate surface area is 111 Å². The molecule has 0 aliphatic carbocycles. The molecule has 1 aliphatic heterocycles. The Bertz CT molecular complexity index is 334. The zero-order chi connectivity index (χ0) is 12.1. The molecule has 1 aliphatic rings. The van der Waals surface area contributed by atoms with Gasteiger partial charge < -0.3 is 10.5 Å². The molecule has 1 heterocycles. The average Bonchev–Trinajstić information content (AvgIpc) is 2.62. The summed E-state index contributed by atoms with van der Waals surface area (Å²) in [7, 11) is 0. The van der Waals surface area contributed by atoms with Gasteiger partial charge in [-0.3, -0.25) is 4.90 Å². The molecule has 0 saturated carbocycles. The minimum absolute atomic E-state index is 0.310. The monoisotopic (exact) mass is 298 g/mol. The van der Waals surface area contributed by atoms with E-state index in [0.29, 0.717) is 12.6 Å². The van der Waals surface area contributed by atoms with Crippen LogP contribution in [0.15, 0.2) is 28.7 Å². The van der Waals surface area contributed by atoms with Crippen molar-refractivity contribution in [2.45, 2.75) is 12.5 Å². The molecule has 0 aromatic heterocycles. The average molecular weight is 299 g/mol. The van der Waals surface area contributed by atoms with Crippen molar-refractivity contribution in [2.75, 3.05) is 32.8 Å². The van der Waals surface area contributed by atoms with E-state index >= 15 is 0 Å². The van der Waals surface area contributed by atoms with Crippen molar-refractivity contribution < 1.29 is 4.74 Å². The fourth-order valence-electron chi connectivity index (χ4n) is 2.26. The molecule has 1 unspecified atom stereocenters. The van der Waals surface area contributed by atoms with Gasteiger partial charge in [-0.1, -0.05) is 28.1 Å². The lowest BCUT2D eigenvalue weighted by Gasteiger charge is -2.29. The number of hydrogen-bond donors (Lipinski definition) is 1. The molecule has 4 heteroatoms. The highest BCUT2D eigenvalue weighted by Gasteiger charge is 2.20. The first kappa shape index (κ1) is 13.0. The molecular formula is C13H19BrN2O. The van der Waals surface area contributed by atoms with E-state index in [4.69, 9.17) is 10.5 Å². The van der Waals surface area contributed by atoms with Crippen molar-refractivity contribution in [1.29, 1.82) is 0 Å². The van der Waals surface area contributed by atoms with Crippen LogP contribution in [-0.2, 0) is 4.74 Å². The van der Waals surface area contributed by atoms with Gasteiger partial charge in [0.1, 0.15) is 0 Å². The minimum atomic E-state index is 0.310. The highest BCUT2D eigenvalue weighted by atomic mass is 79.9. The quantitative estimate of drug-likeness (QED) is 0.929. The summed E-state index contributed by atoms with van der Waals surface area (Å²) in [6, 6.07) is 8.75. The van der Waals surface area contributed by atoms with Crippen molar-refractivity contribution in [3.8, 4) is 0 Å². The summed E-state index contributed by atoms with van der Waals surface area (Å²) in [5.74, 6) is 0. The van der Waals surface area contributed by atoms with Crippen molar-refractivity contribution in [2.24, 2.45) is 5.73 Å². The Morgan fingerprint density at radius 1 is 1.24 bits per heavy atom. The van der Waals surface area contributed by atoms with Crippen molar-refractivity contribution in [1.82, 2.24) is 4.90 Å². The van der Waals surface area contributed by atoms with Gasteiger partial charge in [0.05, 0.1) is 6.61 Å². The molecule has 94 valence electrons. The number of ether oxygens (including phenoxy) is 1. The summed E-state index contributed by atoms with van der Waals surface area (Å²) < 4.78 is 6.59. The van der Waals surface area contributed by atoms with E-state index in [9.17, 15) is 0 Å². The van der Waals surface area contributed by atoms with Crippen LogP contribution < -0.4 is 5.73 Å². The molecule has 2 N–H and O–H groups in total. The first-order valence-corrected chi connectivity index (χ1v) is 6.88. The molecule has 1 atom stereocenters. The highest BCUT2D eigenvalue weighted by molar-refractivity contribution is 9.10. The first-order chi connectivity index (χ1) is 8.31. The first-order valence-electron chi connectivity index (χ1n) is 6.08. The van der Waals surface area contributed by atoms with Crippen LogP contribution in [0.2, 0.25) is 0 Å². The van der Waals surface area contributed by atoms with Crippen molar-refractivity contribution >= 4 is 15.9 Å². The maximum Gasteiger partial charge on any atom is 0.0593 e. The van der Waals surface area contributed by atoms with Gasteiger partial charge in [-0.2, -0.15) is 0 Å². The van der Waals surface area contributed by atoms with Crippen LogP contribution in [0, 0.1) is 0 Å². The molecule has 1 aromatic rings. The van der Waals surface area contributed by atoms with Crippen LogP contribution in [0.25, 0.3) is 0 Å². The Morgan fingerprint density at radius 2 is 2.00 bits per heavy atom. The van der Waals surface area contributed by atoms with Gasteiger partial charge in [0.25, 0.3) is 0 Å². The van der Waals surface area contributed by atoms with Gasteiger partial charge in [-0.15, -0.1) is 0 Å². The van der Waals surface area contributed by atoms with Gasteiger partial charge >= 0.3 is 0 Å². The van der Waals surface area contributed by atoms with Gasteiger partial charge in [0, 0.05) is 36.8 Å².